The molecule has 156 valence electrons. The van der Waals surface area contributed by atoms with E-state index in [1.54, 1.807) is 29.2 Å². The number of nitrogens with zero attached hydrogens (tertiary/aromatic N) is 2. The Kier molecular flexibility index (Phi) is 5.97. The smallest absolute Gasteiger partial charge is 0.410 e. The lowest BCUT2D eigenvalue weighted by Crippen LogP contribution is -2.46. The van der Waals surface area contributed by atoms with E-state index in [4.69, 9.17) is 9.47 Å². The Morgan fingerprint density at radius 1 is 1.00 bits per heavy atom. The molecule has 0 unspecified atom stereocenters. The molecular weight excluding hydrogens is 384 g/mol. The minimum Gasteiger partial charge on any atom is -0.457 e. The number of cyclic esters (lactones) is 1. The zero-order valence-electron chi connectivity index (χ0n) is 16.7. The number of hydrogen-bond acceptors (Lipinski definition) is 5. The van der Waals surface area contributed by atoms with Gasteiger partial charge in [0.1, 0.15) is 24.7 Å². The SMILES string of the molecule is O=C(c1ccc(Oc2ccccc2)cc1)[C@H]1CCCN(C(=O)CN2CCOC2=O)C1. The van der Waals surface area contributed by atoms with Crippen LogP contribution in [-0.4, -0.2) is 60.4 Å². The van der Waals surface area contributed by atoms with Crippen LogP contribution in [0.3, 0.4) is 0 Å². The summed E-state index contributed by atoms with van der Waals surface area (Å²) in [4.78, 5) is 40.2. The maximum absolute atomic E-state index is 13.0. The molecule has 0 saturated carbocycles. The van der Waals surface area contributed by atoms with Gasteiger partial charge in [-0.1, -0.05) is 18.2 Å². The van der Waals surface area contributed by atoms with Crippen LogP contribution in [0.4, 0.5) is 4.79 Å². The van der Waals surface area contributed by atoms with E-state index in [0.717, 1.165) is 18.6 Å². The average molecular weight is 408 g/mol. The largest absolute Gasteiger partial charge is 0.457 e. The number of ether oxygens (including phenoxy) is 2. The molecule has 0 spiro atoms. The van der Waals surface area contributed by atoms with Gasteiger partial charge < -0.3 is 14.4 Å². The quantitative estimate of drug-likeness (QED) is 0.685. The fourth-order valence-electron chi connectivity index (χ4n) is 3.80. The maximum atomic E-state index is 13.0. The van der Waals surface area contributed by atoms with Crippen LogP contribution in [0.5, 0.6) is 11.5 Å². The van der Waals surface area contributed by atoms with Gasteiger partial charge in [0.05, 0.1) is 6.54 Å². The molecule has 30 heavy (non-hydrogen) atoms. The van der Waals surface area contributed by atoms with Gasteiger partial charge in [-0.05, 0) is 49.2 Å². The van der Waals surface area contributed by atoms with Crippen molar-refractivity contribution in [3.8, 4) is 11.5 Å². The topological polar surface area (TPSA) is 76.2 Å². The third-order valence-corrected chi connectivity index (χ3v) is 5.43. The number of carbonyl (C=O) groups is 3. The van der Waals surface area contributed by atoms with Gasteiger partial charge in [-0.2, -0.15) is 0 Å². The standard InChI is InChI=1S/C23H24N2O5/c26-21(16-25-13-14-29-23(25)28)24-12-4-5-18(15-24)22(27)17-8-10-20(11-9-17)30-19-6-2-1-3-7-19/h1-3,6-11,18H,4-5,12-16H2/t18-/m0/s1. The number of benzene rings is 2. The summed E-state index contributed by atoms with van der Waals surface area (Å²) < 4.78 is 10.6. The molecule has 0 bridgehead atoms. The molecule has 2 fully saturated rings. The minimum atomic E-state index is -0.453. The number of rotatable bonds is 6. The molecule has 2 aliphatic heterocycles. The molecule has 0 aliphatic carbocycles. The lowest BCUT2D eigenvalue weighted by Gasteiger charge is -2.32. The molecule has 2 aliphatic rings. The van der Waals surface area contributed by atoms with E-state index in [0.29, 0.717) is 37.6 Å². The van der Waals surface area contributed by atoms with Crippen LogP contribution >= 0.6 is 0 Å². The molecule has 4 rings (SSSR count). The molecule has 0 aromatic heterocycles. The zero-order valence-corrected chi connectivity index (χ0v) is 16.7. The molecule has 2 aromatic carbocycles. The van der Waals surface area contributed by atoms with Gasteiger partial charge >= 0.3 is 6.09 Å². The first-order chi connectivity index (χ1) is 14.6. The Morgan fingerprint density at radius 3 is 2.43 bits per heavy atom. The summed E-state index contributed by atoms with van der Waals surface area (Å²) in [5, 5.41) is 0. The van der Waals surface area contributed by atoms with Crippen LogP contribution in [0.1, 0.15) is 23.2 Å². The molecule has 2 amide bonds. The first kappa shape index (κ1) is 19.9. The Labute approximate surface area is 175 Å². The molecule has 7 nitrogen and oxygen atoms in total. The molecule has 1 atom stereocenters. The van der Waals surface area contributed by atoms with Crippen molar-refractivity contribution in [1.82, 2.24) is 9.80 Å². The third kappa shape index (κ3) is 4.62. The van der Waals surface area contributed by atoms with Gasteiger partial charge in [-0.25, -0.2) is 4.79 Å². The summed E-state index contributed by atoms with van der Waals surface area (Å²) >= 11 is 0. The number of para-hydroxylation sites is 1. The van der Waals surface area contributed by atoms with Crippen molar-refractivity contribution >= 4 is 17.8 Å². The van der Waals surface area contributed by atoms with Crippen molar-refractivity contribution in [2.24, 2.45) is 5.92 Å². The van der Waals surface area contributed by atoms with Crippen LogP contribution in [0.25, 0.3) is 0 Å². The Bertz CT molecular complexity index is 913. The highest BCUT2D eigenvalue weighted by atomic mass is 16.6. The van der Waals surface area contributed by atoms with Gasteiger partial charge in [0.15, 0.2) is 5.78 Å². The Morgan fingerprint density at radius 2 is 1.73 bits per heavy atom. The number of Topliss-reactive ketones (excluding diaryl/α,β-unsaturated/α-hetero) is 1. The highest BCUT2D eigenvalue weighted by Crippen LogP contribution is 2.25. The zero-order chi connectivity index (χ0) is 20.9. The highest BCUT2D eigenvalue weighted by molar-refractivity contribution is 5.98. The van der Waals surface area contributed by atoms with Crippen LogP contribution in [0.2, 0.25) is 0 Å². The van der Waals surface area contributed by atoms with E-state index in [-0.39, 0.29) is 24.2 Å². The van der Waals surface area contributed by atoms with Crippen molar-refractivity contribution in [3.63, 3.8) is 0 Å². The first-order valence-electron chi connectivity index (χ1n) is 10.2. The predicted octanol–water partition coefficient (Wildman–Crippen LogP) is 3.35. The molecule has 2 saturated heterocycles. The summed E-state index contributed by atoms with van der Waals surface area (Å²) in [6.07, 6.45) is 1.06. The number of ketones is 1. The number of piperidine rings is 1. The Hall–Kier alpha value is -3.35. The van der Waals surface area contributed by atoms with E-state index < -0.39 is 6.09 Å². The van der Waals surface area contributed by atoms with Crippen LogP contribution in [0, 0.1) is 5.92 Å². The maximum Gasteiger partial charge on any atom is 0.410 e. The van der Waals surface area contributed by atoms with Crippen LogP contribution in [-0.2, 0) is 9.53 Å². The summed E-state index contributed by atoms with van der Waals surface area (Å²) in [7, 11) is 0. The fourth-order valence-corrected chi connectivity index (χ4v) is 3.80. The van der Waals surface area contributed by atoms with E-state index >= 15 is 0 Å². The second kappa shape index (κ2) is 8.98. The van der Waals surface area contributed by atoms with Gasteiger partial charge in [0.25, 0.3) is 0 Å². The van der Waals surface area contributed by atoms with Crippen LogP contribution < -0.4 is 4.74 Å². The molecule has 2 heterocycles. The second-order valence-electron chi connectivity index (χ2n) is 7.52. The molecule has 0 radical (unpaired) electrons. The molecular formula is C23H24N2O5. The fraction of sp³-hybridized carbons (Fsp3) is 0.348. The monoisotopic (exact) mass is 408 g/mol. The number of hydrogen-bond donors (Lipinski definition) is 0. The summed E-state index contributed by atoms with van der Waals surface area (Å²) in [5.74, 6) is 1.04. The number of likely N-dealkylation sites (tertiary alicyclic amines) is 1. The first-order valence-corrected chi connectivity index (χ1v) is 10.2. The lowest BCUT2D eigenvalue weighted by molar-refractivity contribution is -0.133. The van der Waals surface area contributed by atoms with E-state index in [1.165, 1.54) is 4.90 Å². The van der Waals surface area contributed by atoms with E-state index in [9.17, 15) is 14.4 Å². The third-order valence-electron chi connectivity index (χ3n) is 5.43. The van der Waals surface area contributed by atoms with Crippen molar-refractivity contribution < 1.29 is 23.9 Å². The molecule has 7 heteroatoms. The van der Waals surface area contributed by atoms with Crippen molar-refractivity contribution in [2.45, 2.75) is 12.8 Å². The summed E-state index contributed by atoms with van der Waals surface area (Å²) in [5.41, 5.74) is 0.609. The van der Waals surface area contributed by atoms with Crippen molar-refractivity contribution in [2.75, 3.05) is 32.8 Å². The lowest BCUT2D eigenvalue weighted by atomic mass is 9.90. The van der Waals surface area contributed by atoms with Gasteiger partial charge in [0.2, 0.25) is 5.91 Å². The number of amides is 2. The average Bonchev–Trinajstić information content (AvgIpc) is 3.19. The van der Waals surface area contributed by atoms with Gasteiger partial charge in [-0.15, -0.1) is 0 Å². The van der Waals surface area contributed by atoms with E-state index in [1.807, 2.05) is 30.3 Å². The number of carbonyl (C=O) groups excluding carboxylic acids is 3. The van der Waals surface area contributed by atoms with Crippen LogP contribution in [0.15, 0.2) is 54.6 Å². The van der Waals surface area contributed by atoms with E-state index in [2.05, 4.69) is 0 Å². The van der Waals surface area contributed by atoms with Crippen molar-refractivity contribution in [1.29, 1.82) is 0 Å². The van der Waals surface area contributed by atoms with Gasteiger partial charge in [0, 0.05) is 24.6 Å². The predicted molar refractivity (Wildman–Crippen MR) is 110 cm³/mol. The molecule has 2 aromatic rings. The summed E-state index contributed by atoms with van der Waals surface area (Å²) in [6.45, 7) is 1.73. The Balaban J connectivity index is 1.35. The second-order valence-corrected chi connectivity index (χ2v) is 7.52. The summed E-state index contributed by atoms with van der Waals surface area (Å²) in [6, 6.07) is 16.6. The molecule has 0 N–H and O–H groups in total. The minimum absolute atomic E-state index is 0.00522. The normalized spacial score (nSPS) is 18.8. The highest BCUT2D eigenvalue weighted by Gasteiger charge is 2.31. The van der Waals surface area contributed by atoms with Crippen molar-refractivity contribution in [3.05, 3.63) is 60.2 Å². The van der Waals surface area contributed by atoms with Gasteiger partial charge in [-0.3, -0.25) is 14.5 Å².